The standard InChI is InChI=1S/C14H22N2O2/c1-11(2)8-15-14(18)9-16(3)13-6-4-12(10-17)5-7-13/h4-7,11,17H,8-10H2,1-3H3,(H,15,18). The lowest BCUT2D eigenvalue weighted by Crippen LogP contribution is -2.36. The number of nitrogens with one attached hydrogen (secondary N) is 1. The fourth-order valence-corrected chi connectivity index (χ4v) is 1.54. The molecule has 0 radical (unpaired) electrons. The van der Waals surface area contributed by atoms with Crippen molar-refractivity contribution >= 4 is 11.6 Å². The van der Waals surface area contributed by atoms with Crippen LogP contribution < -0.4 is 10.2 Å². The quantitative estimate of drug-likeness (QED) is 0.802. The molecule has 0 atom stereocenters. The van der Waals surface area contributed by atoms with E-state index in [1.165, 1.54) is 0 Å². The number of aliphatic hydroxyl groups excluding tert-OH is 1. The van der Waals surface area contributed by atoms with Gasteiger partial charge in [0.1, 0.15) is 0 Å². The van der Waals surface area contributed by atoms with Crippen molar-refractivity contribution in [2.24, 2.45) is 5.92 Å². The lowest BCUT2D eigenvalue weighted by atomic mass is 10.2. The van der Waals surface area contributed by atoms with Gasteiger partial charge < -0.3 is 15.3 Å². The molecule has 0 fully saturated rings. The van der Waals surface area contributed by atoms with Crippen molar-refractivity contribution in [2.75, 3.05) is 25.0 Å². The van der Waals surface area contributed by atoms with Gasteiger partial charge in [0, 0.05) is 19.3 Å². The van der Waals surface area contributed by atoms with E-state index in [0.717, 1.165) is 11.3 Å². The van der Waals surface area contributed by atoms with Gasteiger partial charge in [0.25, 0.3) is 0 Å². The van der Waals surface area contributed by atoms with Gasteiger partial charge in [-0.15, -0.1) is 0 Å². The molecule has 100 valence electrons. The Labute approximate surface area is 109 Å². The van der Waals surface area contributed by atoms with E-state index < -0.39 is 0 Å². The Morgan fingerprint density at radius 2 is 1.94 bits per heavy atom. The third-order valence-corrected chi connectivity index (χ3v) is 2.65. The van der Waals surface area contributed by atoms with Gasteiger partial charge in [-0.1, -0.05) is 26.0 Å². The zero-order valence-corrected chi connectivity index (χ0v) is 11.3. The molecule has 1 amide bonds. The first-order valence-corrected chi connectivity index (χ1v) is 6.20. The smallest absolute Gasteiger partial charge is 0.239 e. The number of rotatable bonds is 6. The van der Waals surface area contributed by atoms with Crippen molar-refractivity contribution < 1.29 is 9.90 Å². The van der Waals surface area contributed by atoms with E-state index in [9.17, 15) is 4.79 Å². The number of nitrogens with zero attached hydrogens (tertiary/aromatic N) is 1. The Kier molecular flexibility index (Phi) is 5.65. The summed E-state index contributed by atoms with van der Waals surface area (Å²) in [6.07, 6.45) is 0. The number of likely N-dealkylation sites (N-methyl/N-ethyl adjacent to an activating group) is 1. The normalized spacial score (nSPS) is 10.5. The molecule has 4 heteroatoms. The summed E-state index contributed by atoms with van der Waals surface area (Å²) in [5.74, 6) is 0.487. The summed E-state index contributed by atoms with van der Waals surface area (Å²) in [7, 11) is 1.88. The van der Waals surface area contributed by atoms with Crippen LogP contribution >= 0.6 is 0 Å². The molecule has 0 aliphatic rings. The zero-order chi connectivity index (χ0) is 13.5. The lowest BCUT2D eigenvalue weighted by molar-refractivity contribution is -0.119. The van der Waals surface area contributed by atoms with E-state index in [2.05, 4.69) is 19.2 Å². The number of hydrogen-bond acceptors (Lipinski definition) is 3. The Morgan fingerprint density at radius 1 is 1.33 bits per heavy atom. The highest BCUT2D eigenvalue weighted by molar-refractivity contribution is 5.81. The van der Waals surface area contributed by atoms with Crippen molar-refractivity contribution in [2.45, 2.75) is 20.5 Å². The van der Waals surface area contributed by atoms with Crippen molar-refractivity contribution in [1.82, 2.24) is 5.32 Å². The van der Waals surface area contributed by atoms with Crippen LogP contribution in [0, 0.1) is 5.92 Å². The number of carbonyl (C=O) groups is 1. The fraction of sp³-hybridized carbons (Fsp3) is 0.500. The van der Waals surface area contributed by atoms with Crippen LogP contribution in [0.15, 0.2) is 24.3 Å². The van der Waals surface area contributed by atoms with Crippen molar-refractivity contribution in [3.63, 3.8) is 0 Å². The molecule has 1 aromatic rings. The summed E-state index contributed by atoms with van der Waals surface area (Å²) in [6.45, 7) is 5.22. The molecule has 4 nitrogen and oxygen atoms in total. The number of anilines is 1. The Bertz CT molecular complexity index is 374. The first-order chi connectivity index (χ1) is 8.52. The molecule has 0 aliphatic carbocycles. The average Bonchev–Trinajstić information content (AvgIpc) is 2.36. The highest BCUT2D eigenvalue weighted by Crippen LogP contribution is 2.13. The van der Waals surface area contributed by atoms with Crippen LogP contribution in [0.1, 0.15) is 19.4 Å². The Hall–Kier alpha value is -1.55. The Morgan fingerprint density at radius 3 is 2.44 bits per heavy atom. The van der Waals surface area contributed by atoms with Gasteiger partial charge in [-0.3, -0.25) is 4.79 Å². The van der Waals surface area contributed by atoms with Gasteiger partial charge in [0.2, 0.25) is 5.91 Å². The number of hydrogen-bond donors (Lipinski definition) is 2. The maximum Gasteiger partial charge on any atom is 0.239 e. The van der Waals surface area contributed by atoms with Gasteiger partial charge >= 0.3 is 0 Å². The number of benzene rings is 1. The van der Waals surface area contributed by atoms with Gasteiger partial charge in [0.15, 0.2) is 0 Å². The van der Waals surface area contributed by atoms with Gasteiger partial charge in [-0.05, 0) is 23.6 Å². The molecule has 18 heavy (non-hydrogen) atoms. The van der Waals surface area contributed by atoms with Crippen LogP contribution in [-0.2, 0) is 11.4 Å². The first kappa shape index (κ1) is 14.5. The van der Waals surface area contributed by atoms with Crippen molar-refractivity contribution in [3.05, 3.63) is 29.8 Å². The van der Waals surface area contributed by atoms with Crippen LogP contribution in [0.2, 0.25) is 0 Å². The van der Waals surface area contributed by atoms with E-state index in [1.807, 2.05) is 36.2 Å². The average molecular weight is 250 g/mol. The monoisotopic (exact) mass is 250 g/mol. The maximum absolute atomic E-state index is 11.7. The molecule has 1 aromatic carbocycles. The lowest BCUT2D eigenvalue weighted by Gasteiger charge is -2.19. The topological polar surface area (TPSA) is 52.6 Å². The van der Waals surface area contributed by atoms with Crippen molar-refractivity contribution in [1.29, 1.82) is 0 Å². The van der Waals surface area contributed by atoms with Gasteiger partial charge in [0.05, 0.1) is 13.2 Å². The third kappa shape index (κ3) is 4.75. The number of carbonyl (C=O) groups excluding carboxylic acids is 1. The highest BCUT2D eigenvalue weighted by Gasteiger charge is 2.07. The van der Waals surface area contributed by atoms with E-state index in [1.54, 1.807) is 0 Å². The van der Waals surface area contributed by atoms with Gasteiger partial charge in [-0.25, -0.2) is 0 Å². The Balaban J connectivity index is 2.48. The second kappa shape index (κ2) is 7.01. The van der Waals surface area contributed by atoms with E-state index in [-0.39, 0.29) is 12.5 Å². The second-order valence-corrected chi connectivity index (χ2v) is 4.88. The molecule has 0 bridgehead atoms. The molecule has 0 saturated carbocycles. The molecule has 0 unspecified atom stereocenters. The summed E-state index contributed by atoms with van der Waals surface area (Å²) in [5, 5.41) is 11.8. The third-order valence-electron chi connectivity index (χ3n) is 2.65. The SMILES string of the molecule is CC(C)CNC(=O)CN(C)c1ccc(CO)cc1. The molecule has 0 aromatic heterocycles. The summed E-state index contributed by atoms with van der Waals surface area (Å²) < 4.78 is 0. The summed E-state index contributed by atoms with van der Waals surface area (Å²) in [6, 6.07) is 7.53. The fourth-order valence-electron chi connectivity index (χ4n) is 1.54. The minimum Gasteiger partial charge on any atom is -0.392 e. The van der Waals surface area contributed by atoms with Crippen LogP contribution in [0.5, 0.6) is 0 Å². The maximum atomic E-state index is 11.7. The summed E-state index contributed by atoms with van der Waals surface area (Å²) >= 11 is 0. The molecule has 2 N–H and O–H groups in total. The molecule has 0 spiro atoms. The minimum atomic E-state index is 0.0254. The van der Waals surface area contributed by atoms with E-state index in [0.29, 0.717) is 19.0 Å². The van der Waals surface area contributed by atoms with E-state index >= 15 is 0 Å². The largest absolute Gasteiger partial charge is 0.392 e. The van der Waals surface area contributed by atoms with Crippen LogP contribution in [0.4, 0.5) is 5.69 Å². The zero-order valence-electron chi connectivity index (χ0n) is 11.3. The predicted molar refractivity (Wildman–Crippen MR) is 73.5 cm³/mol. The predicted octanol–water partition coefficient (Wildman–Crippen LogP) is 1.39. The van der Waals surface area contributed by atoms with E-state index in [4.69, 9.17) is 5.11 Å². The first-order valence-electron chi connectivity index (χ1n) is 6.20. The molecular weight excluding hydrogens is 228 g/mol. The van der Waals surface area contributed by atoms with Crippen LogP contribution in [-0.4, -0.2) is 31.2 Å². The second-order valence-electron chi connectivity index (χ2n) is 4.88. The summed E-state index contributed by atoms with van der Waals surface area (Å²) in [5.41, 5.74) is 1.84. The van der Waals surface area contributed by atoms with Crippen molar-refractivity contribution in [3.8, 4) is 0 Å². The highest BCUT2D eigenvalue weighted by atomic mass is 16.3. The van der Waals surface area contributed by atoms with Gasteiger partial charge in [-0.2, -0.15) is 0 Å². The number of amides is 1. The molecule has 1 rings (SSSR count). The van der Waals surface area contributed by atoms with Crippen LogP contribution in [0.25, 0.3) is 0 Å². The minimum absolute atomic E-state index is 0.0254. The molecular formula is C14H22N2O2. The number of aliphatic hydroxyl groups is 1. The summed E-state index contributed by atoms with van der Waals surface area (Å²) in [4.78, 5) is 13.5. The molecule has 0 saturated heterocycles. The molecule has 0 aliphatic heterocycles. The molecule has 0 heterocycles. The van der Waals surface area contributed by atoms with Crippen LogP contribution in [0.3, 0.4) is 0 Å².